The van der Waals surface area contributed by atoms with Crippen LogP contribution >= 0.6 is 0 Å². The zero-order valence-electron chi connectivity index (χ0n) is 12.0. The first-order valence-corrected chi connectivity index (χ1v) is 8.49. The van der Waals surface area contributed by atoms with Crippen LogP contribution in [0.3, 0.4) is 0 Å². The quantitative estimate of drug-likeness (QED) is 0.841. The first-order chi connectivity index (χ1) is 9.40. The number of piperazine rings is 1. The lowest BCUT2D eigenvalue weighted by Crippen LogP contribution is -2.59. The monoisotopic (exact) mass is 264 g/mol. The second kappa shape index (κ2) is 5.34. The van der Waals surface area contributed by atoms with Crippen LogP contribution in [0.15, 0.2) is 0 Å². The molecule has 0 aromatic carbocycles. The summed E-state index contributed by atoms with van der Waals surface area (Å²) in [6.07, 6.45) is 10.3. The molecule has 4 rings (SSSR count). The van der Waals surface area contributed by atoms with E-state index in [1.54, 1.807) is 0 Å². The van der Waals surface area contributed by atoms with E-state index in [2.05, 4.69) is 10.2 Å². The number of nitrogens with zero attached hydrogens (tertiary/aromatic N) is 1. The average Bonchev–Trinajstić information content (AvgIpc) is 3.30. The van der Waals surface area contributed by atoms with Crippen LogP contribution in [0, 0.1) is 11.8 Å². The summed E-state index contributed by atoms with van der Waals surface area (Å²) in [6, 6.07) is 1.58. The molecule has 0 amide bonds. The molecule has 2 aliphatic carbocycles. The standard InChI is InChI=1S/C16H28N2O/c1-2-8-19-14(3-1)10-18-11-15(12-4-5-12)17-9-16(18)13-6-7-13/h12-17H,1-11H2. The molecule has 2 saturated carbocycles. The fraction of sp³-hybridized carbons (Fsp3) is 1.00. The van der Waals surface area contributed by atoms with Crippen molar-refractivity contribution in [3.63, 3.8) is 0 Å². The van der Waals surface area contributed by atoms with Crippen molar-refractivity contribution in [1.29, 1.82) is 0 Å². The van der Waals surface area contributed by atoms with Gasteiger partial charge in [-0.2, -0.15) is 0 Å². The maximum atomic E-state index is 5.98. The van der Waals surface area contributed by atoms with E-state index in [0.29, 0.717) is 6.10 Å². The average molecular weight is 264 g/mol. The van der Waals surface area contributed by atoms with Gasteiger partial charge in [0.1, 0.15) is 0 Å². The highest BCUT2D eigenvalue weighted by Gasteiger charge is 2.42. The van der Waals surface area contributed by atoms with Crippen LogP contribution in [-0.4, -0.2) is 49.3 Å². The van der Waals surface area contributed by atoms with E-state index in [9.17, 15) is 0 Å². The molecule has 3 heteroatoms. The van der Waals surface area contributed by atoms with E-state index in [0.717, 1.165) is 30.5 Å². The molecule has 19 heavy (non-hydrogen) atoms. The molecule has 108 valence electrons. The Hall–Kier alpha value is -0.120. The summed E-state index contributed by atoms with van der Waals surface area (Å²) in [4.78, 5) is 2.80. The van der Waals surface area contributed by atoms with Crippen LogP contribution < -0.4 is 5.32 Å². The molecule has 0 aromatic heterocycles. The Labute approximate surface area is 117 Å². The first-order valence-electron chi connectivity index (χ1n) is 8.49. The van der Waals surface area contributed by atoms with E-state index >= 15 is 0 Å². The van der Waals surface area contributed by atoms with Crippen molar-refractivity contribution in [2.24, 2.45) is 11.8 Å². The minimum Gasteiger partial charge on any atom is -0.377 e. The van der Waals surface area contributed by atoms with Gasteiger partial charge in [0, 0.05) is 38.3 Å². The van der Waals surface area contributed by atoms with Crippen LogP contribution in [0.4, 0.5) is 0 Å². The van der Waals surface area contributed by atoms with Crippen molar-refractivity contribution in [1.82, 2.24) is 10.2 Å². The predicted octanol–water partition coefficient (Wildman–Crippen LogP) is 2.02. The van der Waals surface area contributed by atoms with Crippen molar-refractivity contribution >= 4 is 0 Å². The van der Waals surface area contributed by atoms with Crippen LogP contribution in [0.25, 0.3) is 0 Å². The molecule has 0 radical (unpaired) electrons. The van der Waals surface area contributed by atoms with Gasteiger partial charge in [0.25, 0.3) is 0 Å². The van der Waals surface area contributed by atoms with Gasteiger partial charge in [-0.3, -0.25) is 4.90 Å². The summed E-state index contributed by atoms with van der Waals surface area (Å²) in [6.45, 7) is 4.72. The Morgan fingerprint density at radius 3 is 2.53 bits per heavy atom. The summed E-state index contributed by atoms with van der Waals surface area (Å²) >= 11 is 0. The largest absolute Gasteiger partial charge is 0.377 e. The zero-order valence-corrected chi connectivity index (χ0v) is 12.0. The van der Waals surface area contributed by atoms with Gasteiger partial charge in [0.2, 0.25) is 0 Å². The summed E-state index contributed by atoms with van der Waals surface area (Å²) in [5.41, 5.74) is 0. The highest BCUT2D eigenvalue weighted by atomic mass is 16.5. The van der Waals surface area contributed by atoms with E-state index < -0.39 is 0 Å². The third kappa shape index (κ3) is 2.98. The van der Waals surface area contributed by atoms with Crippen molar-refractivity contribution in [2.75, 3.05) is 26.2 Å². The molecule has 1 N–H and O–H groups in total. The molecule has 3 unspecified atom stereocenters. The van der Waals surface area contributed by atoms with Crippen molar-refractivity contribution in [3.05, 3.63) is 0 Å². The number of ether oxygens (including phenoxy) is 1. The summed E-state index contributed by atoms with van der Waals surface area (Å²) < 4.78 is 5.98. The van der Waals surface area contributed by atoms with Gasteiger partial charge >= 0.3 is 0 Å². The van der Waals surface area contributed by atoms with Crippen LogP contribution in [0.5, 0.6) is 0 Å². The second-order valence-corrected chi connectivity index (χ2v) is 7.20. The van der Waals surface area contributed by atoms with Gasteiger partial charge in [0.15, 0.2) is 0 Å². The molecular weight excluding hydrogens is 236 g/mol. The zero-order chi connectivity index (χ0) is 12.7. The smallest absolute Gasteiger partial charge is 0.0702 e. The fourth-order valence-electron chi connectivity index (χ4n) is 4.04. The number of rotatable bonds is 4. The lowest BCUT2D eigenvalue weighted by Gasteiger charge is -2.43. The number of hydrogen-bond acceptors (Lipinski definition) is 3. The minimum absolute atomic E-state index is 0.521. The van der Waals surface area contributed by atoms with Crippen molar-refractivity contribution in [3.8, 4) is 0 Å². The van der Waals surface area contributed by atoms with Gasteiger partial charge in [-0.05, 0) is 56.8 Å². The van der Waals surface area contributed by atoms with Gasteiger partial charge in [-0.1, -0.05) is 0 Å². The third-order valence-corrected chi connectivity index (χ3v) is 5.56. The normalized spacial score (nSPS) is 41.4. The summed E-state index contributed by atoms with van der Waals surface area (Å²) in [5.74, 6) is 1.96. The van der Waals surface area contributed by atoms with Crippen LogP contribution in [0.2, 0.25) is 0 Å². The maximum absolute atomic E-state index is 5.98. The molecule has 0 bridgehead atoms. The van der Waals surface area contributed by atoms with Crippen LogP contribution in [-0.2, 0) is 4.74 Å². The number of nitrogens with one attached hydrogen (secondary N) is 1. The number of hydrogen-bond donors (Lipinski definition) is 1. The van der Waals surface area contributed by atoms with Crippen molar-refractivity contribution in [2.45, 2.75) is 63.1 Å². The Morgan fingerprint density at radius 1 is 1.00 bits per heavy atom. The highest BCUT2D eigenvalue weighted by molar-refractivity contribution is 4.99. The Kier molecular flexibility index (Phi) is 3.55. The molecule has 2 aliphatic heterocycles. The molecule has 3 atom stereocenters. The summed E-state index contributed by atoms with van der Waals surface area (Å²) in [7, 11) is 0. The van der Waals surface area contributed by atoms with Gasteiger partial charge in [-0.15, -0.1) is 0 Å². The molecule has 0 spiro atoms. The SMILES string of the molecule is C1CCC(CN2CC(C3CC3)NCC2C2CC2)OC1. The molecule has 2 heterocycles. The molecular formula is C16H28N2O. The molecule has 4 fully saturated rings. The third-order valence-electron chi connectivity index (χ3n) is 5.56. The Balaban J connectivity index is 1.38. The first kappa shape index (κ1) is 12.6. The van der Waals surface area contributed by atoms with E-state index in [1.807, 2.05) is 0 Å². The van der Waals surface area contributed by atoms with E-state index in [4.69, 9.17) is 4.74 Å². The van der Waals surface area contributed by atoms with Crippen molar-refractivity contribution < 1.29 is 4.74 Å². The highest BCUT2D eigenvalue weighted by Crippen LogP contribution is 2.39. The predicted molar refractivity (Wildman–Crippen MR) is 76.2 cm³/mol. The van der Waals surface area contributed by atoms with Gasteiger partial charge < -0.3 is 10.1 Å². The fourth-order valence-corrected chi connectivity index (χ4v) is 4.04. The molecule has 2 saturated heterocycles. The minimum atomic E-state index is 0.521. The molecule has 4 aliphatic rings. The second-order valence-electron chi connectivity index (χ2n) is 7.20. The van der Waals surface area contributed by atoms with Gasteiger partial charge in [0.05, 0.1) is 6.10 Å². The topological polar surface area (TPSA) is 24.5 Å². The lowest BCUT2D eigenvalue weighted by molar-refractivity contribution is -0.0248. The van der Waals surface area contributed by atoms with Gasteiger partial charge in [-0.25, -0.2) is 0 Å². The van der Waals surface area contributed by atoms with Crippen LogP contribution in [0.1, 0.15) is 44.9 Å². The maximum Gasteiger partial charge on any atom is 0.0702 e. The summed E-state index contributed by atoms with van der Waals surface area (Å²) in [5, 5.41) is 3.84. The van der Waals surface area contributed by atoms with E-state index in [1.165, 1.54) is 64.6 Å². The molecule has 0 aromatic rings. The van der Waals surface area contributed by atoms with E-state index in [-0.39, 0.29) is 0 Å². The lowest BCUT2D eigenvalue weighted by atomic mass is 10.00. The molecule has 3 nitrogen and oxygen atoms in total. The Bertz CT molecular complexity index is 308. The Morgan fingerprint density at radius 2 is 1.84 bits per heavy atom.